The molecule has 0 fully saturated rings. The van der Waals surface area contributed by atoms with Crippen LogP contribution in [0.25, 0.3) is 0 Å². The van der Waals surface area contributed by atoms with Crippen molar-refractivity contribution in [2.45, 2.75) is 53.1 Å². The minimum Gasteiger partial charge on any atom is -0.383 e. The lowest BCUT2D eigenvalue weighted by Gasteiger charge is -2.29. The van der Waals surface area contributed by atoms with Gasteiger partial charge in [0, 0.05) is 25.9 Å². The highest BCUT2D eigenvalue weighted by molar-refractivity contribution is 5.44. The van der Waals surface area contributed by atoms with Crippen LogP contribution in [0.2, 0.25) is 0 Å². The van der Waals surface area contributed by atoms with E-state index >= 15 is 0 Å². The van der Waals surface area contributed by atoms with Gasteiger partial charge in [0.2, 0.25) is 0 Å². The molecular weight excluding hydrogens is 262 g/mol. The third kappa shape index (κ3) is 5.29. The summed E-state index contributed by atoms with van der Waals surface area (Å²) in [5.41, 5.74) is 2.46. The molecule has 1 heterocycles. The summed E-state index contributed by atoms with van der Waals surface area (Å²) in [5.74, 6) is 1.49. The average Bonchev–Trinajstić information content (AvgIpc) is 2.46. The molecule has 1 N–H and O–H groups in total. The van der Waals surface area contributed by atoms with Crippen LogP contribution in [0.3, 0.4) is 0 Å². The lowest BCUT2D eigenvalue weighted by molar-refractivity contribution is 0.181. The molecule has 1 unspecified atom stereocenters. The molecule has 0 saturated heterocycles. The van der Waals surface area contributed by atoms with Crippen LogP contribution in [0.15, 0.2) is 12.1 Å². The van der Waals surface area contributed by atoms with E-state index in [0.717, 1.165) is 31.1 Å². The number of nitrogens with zero attached hydrogens (tertiary/aromatic N) is 2. The second-order valence-corrected chi connectivity index (χ2v) is 5.78. The summed E-state index contributed by atoms with van der Waals surface area (Å²) in [7, 11) is 1.75. The van der Waals surface area contributed by atoms with E-state index in [1.807, 2.05) is 0 Å². The average molecular weight is 293 g/mol. The van der Waals surface area contributed by atoms with Gasteiger partial charge in [-0.3, -0.25) is 0 Å². The largest absolute Gasteiger partial charge is 0.383 e. The van der Waals surface area contributed by atoms with Gasteiger partial charge in [-0.1, -0.05) is 20.8 Å². The van der Waals surface area contributed by atoms with Gasteiger partial charge in [-0.15, -0.1) is 0 Å². The van der Waals surface area contributed by atoms with Gasteiger partial charge in [0.25, 0.3) is 0 Å². The van der Waals surface area contributed by atoms with Crippen molar-refractivity contribution < 1.29 is 4.74 Å². The highest BCUT2D eigenvalue weighted by Crippen LogP contribution is 2.22. The first-order valence-corrected chi connectivity index (χ1v) is 8.00. The Morgan fingerprint density at radius 3 is 2.48 bits per heavy atom. The van der Waals surface area contributed by atoms with E-state index < -0.39 is 0 Å². The van der Waals surface area contributed by atoms with Crippen molar-refractivity contribution in [1.29, 1.82) is 0 Å². The van der Waals surface area contributed by atoms with Crippen LogP contribution in [0.4, 0.5) is 5.82 Å². The van der Waals surface area contributed by atoms with Crippen LogP contribution in [0.5, 0.6) is 0 Å². The van der Waals surface area contributed by atoms with E-state index in [4.69, 9.17) is 9.72 Å². The molecular formula is C17H31N3O. The molecule has 0 aromatic carbocycles. The molecule has 4 heteroatoms. The molecule has 1 aromatic rings. The molecule has 0 aliphatic rings. The molecule has 0 saturated carbocycles. The van der Waals surface area contributed by atoms with Crippen molar-refractivity contribution in [3.8, 4) is 0 Å². The first kappa shape index (κ1) is 17.9. The molecule has 1 rings (SSSR count). The summed E-state index contributed by atoms with van der Waals surface area (Å²) in [6.07, 6.45) is 0. The van der Waals surface area contributed by atoms with Crippen molar-refractivity contribution in [3.63, 3.8) is 0 Å². The Morgan fingerprint density at radius 1 is 1.24 bits per heavy atom. The number of pyridine rings is 1. The molecule has 0 amide bonds. The molecule has 0 aliphatic heterocycles. The zero-order chi connectivity index (χ0) is 15.8. The number of aromatic nitrogens is 1. The van der Waals surface area contributed by atoms with E-state index in [1.165, 1.54) is 5.56 Å². The summed E-state index contributed by atoms with van der Waals surface area (Å²) in [6.45, 7) is 14.4. The number of rotatable bonds is 9. The van der Waals surface area contributed by atoms with Crippen molar-refractivity contribution >= 4 is 5.82 Å². The first-order valence-electron chi connectivity index (χ1n) is 8.00. The van der Waals surface area contributed by atoms with Crippen LogP contribution < -0.4 is 10.2 Å². The third-order valence-electron chi connectivity index (χ3n) is 3.64. The molecule has 0 radical (unpaired) electrons. The topological polar surface area (TPSA) is 37.4 Å². The maximum absolute atomic E-state index is 5.30. The van der Waals surface area contributed by atoms with Crippen molar-refractivity contribution in [1.82, 2.24) is 10.3 Å². The van der Waals surface area contributed by atoms with Gasteiger partial charge in [0.15, 0.2) is 0 Å². The highest BCUT2D eigenvalue weighted by Gasteiger charge is 2.16. The SMILES string of the molecule is CCNCc1cc(C(C)C)nc(N(CC)C(C)COC)c1. The maximum Gasteiger partial charge on any atom is 0.129 e. The van der Waals surface area contributed by atoms with E-state index in [0.29, 0.717) is 18.6 Å². The lowest BCUT2D eigenvalue weighted by Crippen LogP contribution is -2.37. The van der Waals surface area contributed by atoms with Gasteiger partial charge in [0.05, 0.1) is 12.6 Å². The van der Waals surface area contributed by atoms with Gasteiger partial charge < -0.3 is 15.0 Å². The van der Waals surface area contributed by atoms with Crippen LogP contribution in [-0.2, 0) is 11.3 Å². The van der Waals surface area contributed by atoms with Crippen molar-refractivity contribution in [2.75, 3.05) is 31.7 Å². The Labute approximate surface area is 129 Å². The number of methoxy groups -OCH3 is 1. The quantitative estimate of drug-likeness (QED) is 0.759. The molecule has 0 spiro atoms. The van der Waals surface area contributed by atoms with Crippen LogP contribution >= 0.6 is 0 Å². The number of hydrogen-bond acceptors (Lipinski definition) is 4. The zero-order valence-electron chi connectivity index (χ0n) is 14.4. The Balaban J connectivity index is 3.09. The highest BCUT2D eigenvalue weighted by atomic mass is 16.5. The first-order chi connectivity index (χ1) is 10.0. The fraction of sp³-hybridized carbons (Fsp3) is 0.706. The summed E-state index contributed by atoms with van der Waals surface area (Å²) < 4.78 is 5.30. The standard InChI is InChI=1S/C17H31N3O/c1-7-18-11-15-9-16(13(3)4)19-17(10-15)20(8-2)14(5)12-21-6/h9-10,13-14,18H,7-8,11-12H2,1-6H3. The molecule has 0 aliphatic carbocycles. The normalized spacial score (nSPS) is 12.7. The summed E-state index contributed by atoms with van der Waals surface area (Å²) in [5, 5.41) is 3.40. The Hall–Kier alpha value is -1.13. The molecule has 21 heavy (non-hydrogen) atoms. The number of likely N-dealkylation sites (N-methyl/N-ethyl adjacent to an activating group) is 1. The number of anilines is 1. The van der Waals surface area contributed by atoms with Gasteiger partial charge in [-0.25, -0.2) is 4.98 Å². The van der Waals surface area contributed by atoms with Crippen molar-refractivity contribution in [2.24, 2.45) is 0 Å². The number of hydrogen-bond donors (Lipinski definition) is 1. The van der Waals surface area contributed by atoms with E-state index in [2.05, 4.69) is 57.0 Å². The molecule has 1 aromatic heterocycles. The minimum absolute atomic E-state index is 0.321. The Bertz CT molecular complexity index is 420. The summed E-state index contributed by atoms with van der Waals surface area (Å²) >= 11 is 0. The molecule has 4 nitrogen and oxygen atoms in total. The third-order valence-corrected chi connectivity index (χ3v) is 3.64. The van der Waals surface area contributed by atoms with Crippen LogP contribution in [0, 0.1) is 0 Å². The van der Waals surface area contributed by atoms with Gasteiger partial charge in [-0.05, 0) is 44.0 Å². The molecule has 0 bridgehead atoms. The predicted octanol–water partition coefficient (Wildman–Crippen LogP) is 3.18. The molecule has 1 atom stereocenters. The minimum atomic E-state index is 0.321. The maximum atomic E-state index is 5.30. The van der Waals surface area contributed by atoms with Gasteiger partial charge in [0.1, 0.15) is 5.82 Å². The van der Waals surface area contributed by atoms with Crippen molar-refractivity contribution in [3.05, 3.63) is 23.4 Å². The second-order valence-electron chi connectivity index (χ2n) is 5.78. The predicted molar refractivity (Wildman–Crippen MR) is 90.1 cm³/mol. The summed E-state index contributed by atoms with van der Waals surface area (Å²) in [4.78, 5) is 7.17. The van der Waals surface area contributed by atoms with Gasteiger partial charge >= 0.3 is 0 Å². The van der Waals surface area contributed by atoms with Gasteiger partial charge in [-0.2, -0.15) is 0 Å². The summed E-state index contributed by atoms with van der Waals surface area (Å²) in [6, 6.07) is 4.73. The number of nitrogens with one attached hydrogen (secondary N) is 1. The Kier molecular flexibility index (Phi) is 7.68. The van der Waals surface area contributed by atoms with E-state index in [9.17, 15) is 0 Å². The number of ether oxygens (including phenoxy) is 1. The monoisotopic (exact) mass is 293 g/mol. The smallest absolute Gasteiger partial charge is 0.129 e. The van der Waals surface area contributed by atoms with Crippen LogP contribution in [0.1, 0.15) is 51.8 Å². The van der Waals surface area contributed by atoms with E-state index in [1.54, 1.807) is 7.11 Å². The zero-order valence-corrected chi connectivity index (χ0v) is 14.4. The second kappa shape index (κ2) is 9.00. The fourth-order valence-corrected chi connectivity index (χ4v) is 2.44. The molecule has 120 valence electrons. The lowest BCUT2D eigenvalue weighted by atomic mass is 10.1. The van der Waals surface area contributed by atoms with E-state index in [-0.39, 0.29) is 0 Å². The van der Waals surface area contributed by atoms with Crippen LogP contribution in [-0.4, -0.2) is 37.8 Å². The fourth-order valence-electron chi connectivity index (χ4n) is 2.44. The Morgan fingerprint density at radius 2 is 1.95 bits per heavy atom.